The highest BCUT2D eigenvalue weighted by Crippen LogP contribution is 2.63. The minimum absolute atomic E-state index is 0.107. The van der Waals surface area contributed by atoms with Crippen molar-refractivity contribution in [1.29, 1.82) is 0 Å². The van der Waals surface area contributed by atoms with Crippen LogP contribution in [-0.4, -0.2) is 76.2 Å². The monoisotopic (exact) mass is 691 g/mol. The molecule has 3 fully saturated rings. The number of benzene rings is 1. The molecule has 4 aliphatic rings. The normalized spacial score (nSPS) is 31.4. The standard InChI is InChI=1S/C35H50F5NO5S/c1-22(19-23(2)47(44)18-4-12-34(36,37)35(38,39)40)5-6-24-20-25-21-26(46-32(43)41-14-16-45-17-15-41)7-8-27(25)28-11-13-33(3)29(31(24)28)9-10-30(33)42/h7-8,21-24,28-31,42H,4-6,9-20H2,1-3H3/t22?,23?,24-,28?,29?,30+,31-,33+,47?/m1/s1. The van der Waals surface area contributed by atoms with Gasteiger partial charge in [0.25, 0.3) is 0 Å². The van der Waals surface area contributed by atoms with Crippen molar-refractivity contribution in [3.63, 3.8) is 0 Å². The second-order valence-corrected chi connectivity index (χ2v) is 16.8. The number of morpholine rings is 1. The van der Waals surface area contributed by atoms with Gasteiger partial charge in [0.05, 0.1) is 19.3 Å². The SMILES string of the molecule is CC(CC[C@@H]1Cc2cc(OC(=O)N3CCOCC3)ccc2C2CC[C@@]3(C)C(CC[C@@H]3O)[C@@H]21)CC(C)[S+]([O-])CCCC(F)(F)C(F)(F)F. The molecule has 12 heteroatoms. The second kappa shape index (κ2) is 14.7. The molecule has 0 bridgehead atoms. The smallest absolute Gasteiger partial charge is 0.453 e. The van der Waals surface area contributed by atoms with Crippen molar-refractivity contribution in [1.82, 2.24) is 4.90 Å². The van der Waals surface area contributed by atoms with Crippen LogP contribution >= 0.6 is 0 Å². The number of fused-ring (bicyclic) bond motifs is 5. The largest absolute Gasteiger partial charge is 0.616 e. The van der Waals surface area contributed by atoms with Gasteiger partial charge in [-0.05, 0) is 117 Å². The highest BCUT2D eigenvalue weighted by Gasteiger charge is 2.57. The number of alkyl halides is 5. The lowest BCUT2D eigenvalue weighted by atomic mass is 9.52. The van der Waals surface area contributed by atoms with E-state index in [-0.39, 0.29) is 34.5 Å². The maximum atomic E-state index is 13.3. The van der Waals surface area contributed by atoms with Gasteiger partial charge < -0.3 is 24.0 Å². The second-order valence-electron chi connectivity index (χ2n) is 14.8. The van der Waals surface area contributed by atoms with Crippen LogP contribution in [0, 0.1) is 29.1 Å². The van der Waals surface area contributed by atoms with E-state index >= 15 is 0 Å². The summed E-state index contributed by atoms with van der Waals surface area (Å²) >= 11 is -1.49. The van der Waals surface area contributed by atoms with E-state index < -0.39 is 36.1 Å². The minimum atomic E-state index is -5.59. The maximum Gasteiger partial charge on any atom is 0.453 e. The van der Waals surface area contributed by atoms with Gasteiger partial charge in [0.1, 0.15) is 16.8 Å². The Balaban J connectivity index is 1.24. The molecule has 1 aromatic carbocycles. The molecule has 5 rings (SSSR count). The molecular formula is C35H50F5NO5S. The fraction of sp³-hybridized carbons (Fsp3) is 0.800. The molecule has 6 nitrogen and oxygen atoms in total. The number of carbonyl (C=O) groups is 1. The highest BCUT2D eigenvalue weighted by atomic mass is 32.2. The van der Waals surface area contributed by atoms with Crippen molar-refractivity contribution in [3.05, 3.63) is 29.3 Å². The molecule has 9 atom stereocenters. The Hall–Kier alpha value is -1.63. The highest BCUT2D eigenvalue weighted by molar-refractivity contribution is 7.91. The first-order valence-electron chi connectivity index (χ1n) is 17.3. The number of nitrogens with zero attached hydrogens (tertiary/aromatic N) is 1. The van der Waals surface area contributed by atoms with Crippen LogP contribution in [0.15, 0.2) is 18.2 Å². The summed E-state index contributed by atoms with van der Waals surface area (Å²) < 4.78 is 88.0. The van der Waals surface area contributed by atoms with E-state index in [1.54, 1.807) is 11.8 Å². The molecule has 1 aromatic rings. The Morgan fingerprint density at radius 1 is 1.17 bits per heavy atom. The van der Waals surface area contributed by atoms with Crippen LogP contribution < -0.4 is 4.74 Å². The molecule has 1 heterocycles. The predicted octanol–water partition coefficient (Wildman–Crippen LogP) is 7.88. The number of amides is 1. The van der Waals surface area contributed by atoms with Crippen molar-refractivity contribution >= 4 is 17.3 Å². The van der Waals surface area contributed by atoms with Crippen molar-refractivity contribution in [2.75, 3.05) is 32.1 Å². The van der Waals surface area contributed by atoms with Crippen molar-refractivity contribution < 1.29 is 45.9 Å². The fourth-order valence-corrected chi connectivity index (χ4v) is 10.4. The van der Waals surface area contributed by atoms with Gasteiger partial charge in [-0.15, -0.1) is 0 Å². The number of aliphatic hydroxyl groups excluding tert-OH is 1. The Bertz CT molecular complexity index is 1230. The van der Waals surface area contributed by atoms with Crippen molar-refractivity contribution in [2.45, 2.75) is 114 Å². The third-order valence-electron chi connectivity index (χ3n) is 11.8. The molecule has 1 aliphatic heterocycles. The van der Waals surface area contributed by atoms with E-state index in [2.05, 4.69) is 19.9 Å². The lowest BCUT2D eigenvalue weighted by Gasteiger charge is -2.53. The van der Waals surface area contributed by atoms with Gasteiger partial charge in [0.2, 0.25) is 0 Å². The molecular weight excluding hydrogens is 641 g/mol. The summed E-state index contributed by atoms with van der Waals surface area (Å²) in [7, 11) is 0. The minimum Gasteiger partial charge on any atom is -0.616 e. The predicted molar refractivity (Wildman–Crippen MR) is 170 cm³/mol. The average Bonchev–Trinajstić information content (AvgIpc) is 3.33. The Morgan fingerprint density at radius 2 is 1.89 bits per heavy atom. The summed E-state index contributed by atoms with van der Waals surface area (Å²) in [4.78, 5) is 14.5. The number of hydrogen-bond donors (Lipinski definition) is 1. The van der Waals surface area contributed by atoms with Gasteiger partial charge >= 0.3 is 18.2 Å². The van der Waals surface area contributed by atoms with Crippen molar-refractivity contribution in [3.8, 4) is 5.75 Å². The van der Waals surface area contributed by atoms with Gasteiger partial charge in [-0.3, -0.25) is 0 Å². The van der Waals surface area contributed by atoms with Crippen LogP contribution in [-0.2, 0) is 22.3 Å². The summed E-state index contributed by atoms with van der Waals surface area (Å²) in [5.74, 6) is -2.70. The maximum absolute atomic E-state index is 13.3. The Kier molecular flexibility index (Phi) is 11.5. The molecule has 266 valence electrons. The van der Waals surface area contributed by atoms with Crippen LogP contribution in [0.2, 0.25) is 0 Å². The molecule has 0 aromatic heterocycles. The number of ether oxygens (including phenoxy) is 2. The quantitative estimate of drug-likeness (QED) is 0.189. The molecule has 1 N–H and O–H groups in total. The number of aliphatic hydroxyl groups is 1. The average molecular weight is 692 g/mol. The van der Waals surface area contributed by atoms with Crippen LogP contribution in [0.5, 0.6) is 5.75 Å². The summed E-state index contributed by atoms with van der Waals surface area (Å²) in [5, 5.41) is 10.7. The number of carbonyl (C=O) groups excluding carboxylic acids is 1. The van der Waals surface area contributed by atoms with Crippen LogP contribution in [0.4, 0.5) is 26.7 Å². The summed E-state index contributed by atoms with van der Waals surface area (Å²) in [6.45, 7) is 8.11. The van der Waals surface area contributed by atoms with Crippen LogP contribution in [0.25, 0.3) is 0 Å². The van der Waals surface area contributed by atoms with Gasteiger partial charge in [0.15, 0.2) is 0 Å². The van der Waals surface area contributed by atoms with Crippen LogP contribution in [0.1, 0.15) is 95.6 Å². The van der Waals surface area contributed by atoms with Crippen molar-refractivity contribution in [2.24, 2.45) is 29.1 Å². The third-order valence-corrected chi connectivity index (χ3v) is 13.5. The molecule has 0 radical (unpaired) electrons. The Labute approximate surface area is 278 Å². The molecule has 5 unspecified atom stereocenters. The summed E-state index contributed by atoms with van der Waals surface area (Å²) in [6, 6.07) is 6.05. The van der Waals surface area contributed by atoms with Gasteiger partial charge in [0, 0.05) is 19.5 Å². The molecule has 2 saturated carbocycles. The van der Waals surface area contributed by atoms with E-state index in [0.29, 0.717) is 62.1 Å². The van der Waals surface area contributed by atoms with E-state index in [1.807, 2.05) is 12.1 Å². The van der Waals surface area contributed by atoms with E-state index in [4.69, 9.17) is 9.47 Å². The first kappa shape index (κ1) is 36.6. The molecule has 47 heavy (non-hydrogen) atoms. The first-order chi connectivity index (χ1) is 22.1. The number of rotatable bonds is 11. The zero-order valence-corrected chi connectivity index (χ0v) is 28.5. The lowest BCUT2D eigenvalue weighted by Crippen LogP contribution is -2.47. The summed E-state index contributed by atoms with van der Waals surface area (Å²) in [5.41, 5.74) is 2.40. The van der Waals surface area contributed by atoms with Gasteiger partial charge in [-0.1, -0.05) is 37.5 Å². The van der Waals surface area contributed by atoms with Gasteiger partial charge in [-0.25, -0.2) is 4.79 Å². The zero-order chi connectivity index (χ0) is 34.1. The van der Waals surface area contributed by atoms with E-state index in [0.717, 1.165) is 44.9 Å². The van der Waals surface area contributed by atoms with E-state index in [1.165, 1.54) is 11.1 Å². The lowest BCUT2D eigenvalue weighted by molar-refractivity contribution is -0.284. The topological polar surface area (TPSA) is 82.1 Å². The first-order valence-corrected chi connectivity index (χ1v) is 18.7. The Morgan fingerprint density at radius 3 is 2.60 bits per heavy atom. The fourth-order valence-electron chi connectivity index (χ4n) is 9.07. The zero-order valence-electron chi connectivity index (χ0n) is 27.7. The van der Waals surface area contributed by atoms with Gasteiger partial charge in [-0.2, -0.15) is 22.0 Å². The third kappa shape index (κ3) is 8.07. The molecule has 3 aliphatic carbocycles. The number of halogens is 5. The molecule has 1 saturated heterocycles. The summed E-state index contributed by atoms with van der Waals surface area (Å²) in [6.07, 6.45) is -1.05. The number of hydrogen-bond acceptors (Lipinski definition) is 5. The molecule has 0 spiro atoms. The van der Waals surface area contributed by atoms with E-state index in [9.17, 15) is 36.4 Å². The van der Waals surface area contributed by atoms with Crippen LogP contribution in [0.3, 0.4) is 0 Å². The molecule has 1 amide bonds.